The first-order chi connectivity index (χ1) is 16.3. The molecule has 2 atom stereocenters. The fraction of sp³-hybridized carbons (Fsp3) is 0.208. The van der Waals surface area contributed by atoms with Crippen molar-refractivity contribution in [3.05, 3.63) is 71.4 Å². The van der Waals surface area contributed by atoms with Crippen LogP contribution in [0.3, 0.4) is 0 Å². The number of amides is 4. The van der Waals surface area contributed by atoms with Gasteiger partial charge in [-0.05, 0) is 43.3 Å². The smallest absolute Gasteiger partial charge is 0.322 e. The average Bonchev–Trinajstić information content (AvgIpc) is 3.14. The molecule has 0 aliphatic carbocycles. The van der Waals surface area contributed by atoms with Gasteiger partial charge in [0.25, 0.3) is 11.8 Å². The van der Waals surface area contributed by atoms with Gasteiger partial charge in [0.2, 0.25) is 0 Å². The number of aliphatic carboxylic acids is 1. The van der Waals surface area contributed by atoms with Crippen LogP contribution in [0.1, 0.15) is 28.0 Å². The Kier molecular flexibility index (Phi) is 6.39. The number of fused-ring (bicyclic) bond motifs is 1. The molecule has 1 fully saturated rings. The zero-order valence-electron chi connectivity index (χ0n) is 18.2. The van der Waals surface area contributed by atoms with Crippen LogP contribution in [0.5, 0.6) is 5.75 Å². The molecular weight excluding hydrogens is 440 g/mol. The van der Waals surface area contributed by atoms with Crippen molar-refractivity contribution in [2.75, 3.05) is 0 Å². The summed E-state index contributed by atoms with van der Waals surface area (Å²) < 4.78 is 5.89. The quantitative estimate of drug-likeness (QED) is 0.374. The Morgan fingerprint density at radius 3 is 2.56 bits per heavy atom. The largest absolute Gasteiger partial charge is 0.489 e. The van der Waals surface area contributed by atoms with Gasteiger partial charge in [0.1, 0.15) is 18.4 Å². The Balaban J connectivity index is 1.43. The zero-order chi connectivity index (χ0) is 24.2. The summed E-state index contributed by atoms with van der Waals surface area (Å²) >= 11 is 0. The van der Waals surface area contributed by atoms with E-state index in [4.69, 9.17) is 9.84 Å². The van der Waals surface area contributed by atoms with Crippen molar-refractivity contribution in [1.29, 1.82) is 0 Å². The van der Waals surface area contributed by atoms with Crippen LogP contribution in [-0.2, 0) is 16.2 Å². The molecule has 10 nitrogen and oxygen atoms in total. The highest BCUT2D eigenvalue weighted by Crippen LogP contribution is 2.21. The van der Waals surface area contributed by atoms with Crippen molar-refractivity contribution in [3.8, 4) is 5.75 Å². The maximum absolute atomic E-state index is 12.7. The van der Waals surface area contributed by atoms with Gasteiger partial charge in [-0.2, -0.15) is 0 Å². The third-order valence-electron chi connectivity index (χ3n) is 5.36. The Morgan fingerprint density at radius 1 is 1.15 bits per heavy atom. The predicted molar refractivity (Wildman–Crippen MR) is 121 cm³/mol. The van der Waals surface area contributed by atoms with E-state index >= 15 is 0 Å². The number of carbonyl (C=O) groups is 4. The molecule has 2 aromatic carbocycles. The summed E-state index contributed by atoms with van der Waals surface area (Å²) in [7, 11) is 0. The molecule has 1 aliphatic heterocycles. The molecule has 34 heavy (non-hydrogen) atoms. The van der Waals surface area contributed by atoms with E-state index in [1.54, 1.807) is 12.1 Å². The molecule has 1 saturated heterocycles. The van der Waals surface area contributed by atoms with Gasteiger partial charge < -0.3 is 20.5 Å². The summed E-state index contributed by atoms with van der Waals surface area (Å²) in [5.41, 5.74) is 3.00. The van der Waals surface area contributed by atoms with Gasteiger partial charge in [-0.3, -0.25) is 24.7 Å². The molecule has 4 N–H and O–H groups in total. The Hall–Kier alpha value is -4.47. The molecule has 10 heteroatoms. The highest BCUT2D eigenvalue weighted by atomic mass is 16.5. The van der Waals surface area contributed by atoms with Crippen molar-refractivity contribution in [2.45, 2.75) is 32.0 Å². The number of benzene rings is 2. The van der Waals surface area contributed by atoms with E-state index in [0.717, 1.165) is 22.2 Å². The van der Waals surface area contributed by atoms with Crippen LogP contribution in [0.4, 0.5) is 4.79 Å². The molecule has 0 spiro atoms. The third-order valence-corrected chi connectivity index (χ3v) is 5.36. The fourth-order valence-corrected chi connectivity index (χ4v) is 3.79. The maximum Gasteiger partial charge on any atom is 0.322 e. The van der Waals surface area contributed by atoms with Gasteiger partial charge in [-0.25, -0.2) is 4.79 Å². The standard InChI is InChI=1S/C24H22N4O6/c1-13-10-15(17-4-2-3-5-18(17)25-13)12-34-16-8-6-14(7-9-16)22(31)26-19(11-20(29)30)21-23(32)28-24(33)27-21/h2-10,19,21H,11-12H2,1H3,(H,26,31)(H,29,30)(H2,27,28,32,33). The molecular formula is C24H22N4O6. The molecule has 1 aliphatic rings. The zero-order valence-corrected chi connectivity index (χ0v) is 18.2. The second-order valence-corrected chi connectivity index (χ2v) is 7.87. The number of pyridine rings is 1. The summed E-state index contributed by atoms with van der Waals surface area (Å²) in [6.45, 7) is 2.23. The number of nitrogens with zero attached hydrogens (tertiary/aromatic N) is 1. The van der Waals surface area contributed by atoms with Gasteiger partial charge >= 0.3 is 12.0 Å². The highest BCUT2D eigenvalue weighted by Gasteiger charge is 2.38. The first-order valence-electron chi connectivity index (χ1n) is 10.5. The molecule has 2 heterocycles. The average molecular weight is 462 g/mol. The van der Waals surface area contributed by atoms with E-state index < -0.39 is 42.3 Å². The minimum Gasteiger partial charge on any atom is -0.489 e. The third kappa shape index (κ3) is 5.12. The number of imide groups is 1. The number of carboxylic acid groups (broad SMARTS) is 1. The molecule has 4 amide bonds. The first-order valence-corrected chi connectivity index (χ1v) is 10.5. The second-order valence-electron chi connectivity index (χ2n) is 7.87. The van der Waals surface area contributed by atoms with Gasteiger partial charge in [-0.15, -0.1) is 0 Å². The van der Waals surface area contributed by atoms with Crippen molar-refractivity contribution >= 4 is 34.7 Å². The van der Waals surface area contributed by atoms with Crippen LogP contribution in [0.25, 0.3) is 10.9 Å². The van der Waals surface area contributed by atoms with Gasteiger partial charge in [0.15, 0.2) is 0 Å². The topological polar surface area (TPSA) is 147 Å². The number of hydrogen-bond donors (Lipinski definition) is 4. The number of aromatic nitrogens is 1. The number of para-hydroxylation sites is 1. The number of rotatable bonds is 8. The van der Waals surface area contributed by atoms with Crippen LogP contribution >= 0.6 is 0 Å². The Bertz CT molecular complexity index is 1270. The Morgan fingerprint density at radius 2 is 1.88 bits per heavy atom. The molecule has 1 aromatic heterocycles. The monoisotopic (exact) mass is 462 g/mol. The van der Waals surface area contributed by atoms with Crippen LogP contribution in [0, 0.1) is 6.92 Å². The Labute approximate surface area is 194 Å². The summed E-state index contributed by atoms with van der Waals surface area (Å²) in [5.74, 6) is -1.96. The summed E-state index contributed by atoms with van der Waals surface area (Å²) in [6, 6.07) is 13.0. The van der Waals surface area contributed by atoms with Crippen molar-refractivity contribution in [3.63, 3.8) is 0 Å². The predicted octanol–water partition coefficient (Wildman–Crippen LogP) is 1.90. The molecule has 3 aromatic rings. The fourth-order valence-electron chi connectivity index (χ4n) is 3.79. The van der Waals surface area contributed by atoms with E-state index in [-0.39, 0.29) is 5.56 Å². The number of carbonyl (C=O) groups excluding carboxylic acids is 3. The lowest BCUT2D eigenvalue weighted by molar-refractivity contribution is -0.137. The lowest BCUT2D eigenvalue weighted by Gasteiger charge is -2.21. The number of carboxylic acids is 1. The van der Waals surface area contributed by atoms with E-state index in [2.05, 4.69) is 15.6 Å². The molecule has 0 saturated carbocycles. The van der Waals surface area contributed by atoms with Crippen molar-refractivity contribution < 1.29 is 29.0 Å². The lowest BCUT2D eigenvalue weighted by atomic mass is 10.0. The summed E-state index contributed by atoms with van der Waals surface area (Å²) in [5, 5.41) is 17.0. The number of aryl methyl sites for hydroxylation is 1. The van der Waals surface area contributed by atoms with Crippen LogP contribution in [-0.4, -0.2) is 46.0 Å². The first kappa shape index (κ1) is 22.7. The van der Waals surface area contributed by atoms with Crippen LogP contribution < -0.4 is 20.7 Å². The number of nitrogens with one attached hydrogen (secondary N) is 3. The van der Waals surface area contributed by atoms with Gasteiger partial charge in [0, 0.05) is 22.2 Å². The summed E-state index contributed by atoms with van der Waals surface area (Å²) in [4.78, 5) is 51.7. The van der Waals surface area contributed by atoms with E-state index in [1.165, 1.54) is 12.1 Å². The molecule has 0 bridgehead atoms. The normalized spacial score (nSPS) is 16.0. The van der Waals surface area contributed by atoms with Crippen LogP contribution in [0.2, 0.25) is 0 Å². The minimum atomic E-state index is -1.22. The highest BCUT2D eigenvalue weighted by molar-refractivity contribution is 6.05. The number of urea groups is 1. The molecule has 174 valence electrons. The van der Waals surface area contributed by atoms with Crippen molar-refractivity contribution in [2.24, 2.45) is 0 Å². The van der Waals surface area contributed by atoms with Gasteiger partial charge in [0.05, 0.1) is 18.0 Å². The van der Waals surface area contributed by atoms with E-state index in [0.29, 0.717) is 12.4 Å². The maximum atomic E-state index is 12.7. The lowest BCUT2D eigenvalue weighted by Crippen LogP contribution is -2.52. The molecule has 4 rings (SSSR count). The summed E-state index contributed by atoms with van der Waals surface area (Å²) in [6.07, 6.45) is -0.537. The molecule has 0 radical (unpaired) electrons. The SMILES string of the molecule is Cc1cc(COc2ccc(C(=O)NC(CC(=O)O)C3NC(=O)NC3=O)cc2)c2ccccc2n1. The minimum absolute atomic E-state index is 0.248. The number of ether oxygens (including phenoxy) is 1. The number of hydrogen-bond acceptors (Lipinski definition) is 6. The van der Waals surface area contributed by atoms with Crippen molar-refractivity contribution in [1.82, 2.24) is 20.9 Å². The van der Waals surface area contributed by atoms with Gasteiger partial charge in [-0.1, -0.05) is 18.2 Å². The second kappa shape index (κ2) is 9.57. The van der Waals surface area contributed by atoms with E-state index in [9.17, 15) is 19.2 Å². The van der Waals surface area contributed by atoms with E-state index in [1.807, 2.05) is 42.6 Å². The molecule has 2 unspecified atom stereocenters. The van der Waals surface area contributed by atoms with Crippen LogP contribution in [0.15, 0.2) is 54.6 Å².